The predicted molar refractivity (Wildman–Crippen MR) is 77.6 cm³/mol. The Morgan fingerprint density at radius 1 is 1.40 bits per heavy atom. The summed E-state index contributed by atoms with van der Waals surface area (Å²) in [4.78, 5) is 18.0. The summed E-state index contributed by atoms with van der Waals surface area (Å²) in [5.41, 5.74) is 0.540. The third-order valence-corrected chi connectivity index (χ3v) is 4.80. The summed E-state index contributed by atoms with van der Waals surface area (Å²) in [5.74, 6) is 0.624. The van der Waals surface area contributed by atoms with Gasteiger partial charge in [-0.2, -0.15) is 0 Å². The normalized spacial score (nSPS) is 17.8. The molecule has 2 heterocycles. The van der Waals surface area contributed by atoms with E-state index in [-0.39, 0.29) is 30.5 Å². The lowest BCUT2D eigenvalue weighted by Crippen LogP contribution is -2.43. The second-order valence-electron chi connectivity index (χ2n) is 4.80. The lowest BCUT2D eigenvalue weighted by atomic mass is 10.2. The van der Waals surface area contributed by atoms with Gasteiger partial charge in [0.25, 0.3) is 5.91 Å². The fourth-order valence-corrected chi connectivity index (χ4v) is 3.21. The highest BCUT2D eigenvalue weighted by molar-refractivity contribution is 7.91. The molecule has 0 atom stereocenters. The van der Waals surface area contributed by atoms with Crippen LogP contribution in [0.2, 0.25) is 0 Å². The van der Waals surface area contributed by atoms with Crippen molar-refractivity contribution in [2.75, 3.05) is 36.5 Å². The van der Waals surface area contributed by atoms with Crippen molar-refractivity contribution >= 4 is 21.6 Å². The Labute approximate surface area is 119 Å². The highest BCUT2D eigenvalue weighted by atomic mass is 32.2. The largest absolute Gasteiger partial charge is 0.370 e. The van der Waals surface area contributed by atoms with Gasteiger partial charge in [-0.15, -0.1) is 0 Å². The second kappa shape index (κ2) is 6.21. The van der Waals surface area contributed by atoms with Crippen LogP contribution in [0.3, 0.4) is 0 Å². The Bertz CT molecular complexity index is 572. The highest BCUT2D eigenvalue weighted by Crippen LogP contribution is 2.12. The first-order chi connectivity index (χ1) is 9.52. The van der Waals surface area contributed by atoms with Crippen molar-refractivity contribution < 1.29 is 13.2 Å². The molecule has 110 valence electrons. The van der Waals surface area contributed by atoms with Crippen LogP contribution in [-0.4, -0.2) is 55.3 Å². The molecule has 20 heavy (non-hydrogen) atoms. The number of rotatable bonds is 4. The fourth-order valence-electron chi connectivity index (χ4n) is 2.01. The highest BCUT2D eigenvalue weighted by Gasteiger charge is 2.25. The summed E-state index contributed by atoms with van der Waals surface area (Å²) in [6.07, 6.45) is 2.57. The average molecular weight is 297 g/mol. The molecule has 0 bridgehead atoms. The van der Waals surface area contributed by atoms with Gasteiger partial charge in [0.05, 0.1) is 11.5 Å². The molecule has 0 unspecified atom stereocenters. The quantitative estimate of drug-likeness (QED) is 0.888. The molecule has 1 fully saturated rings. The van der Waals surface area contributed by atoms with E-state index in [2.05, 4.69) is 17.2 Å². The lowest BCUT2D eigenvalue weighted by molar-refractivity contribution is 0.0770. The molecule has 1 aliphatic rings. The van der Waals surface area contributed by atoms with Crippen LogP contribution in [-0.2, 0) is 9.84 Å². The Morgan fingerprint density at radius 2 is 2.10 bits per heavy atom. The van der Waals surface area contributed by atoms with Crippen LogP contribution in [0, 0.1) is 0 Å². The van der Waals surface area contributed by atoms with Crippen molar-refractivity contribution in [1.82, 2.24) is 9.88 Å². The summed E-state index contributed by atoms with van der Waals surface area (Å²) in [6.45, 7) is 3.38. The first-order valence-corrected chi connectivity index (χ1v) is 8.53. The molecule has 2 rings (SSSR count). The van der Waals surface area contributed by atoms with E-state index in [1.807, 2.05) is 0 Å². The molecule has 6 nitrogen and oxygen atoms in total. The topological polar surface area (TPSA) is 79.4 Å². The molecule has 0 radical (unpaired) electrons. The Kier molecular flexibility index (Phi) is 4.59. The van der Waals surface area contributed by atoms with Crippen LogP contribution in [0.1, 0.15) is 23.7 Å². The van der Waals surface area contributed by atoms with Crippen LogP contribution in [0.5, 0.6) is 0 Å². The molecule has 7 heteroatoms. The molecule has 0 aliphatic carbocycles. The van der Waals surface area contributed by atoms with Crippen LogP contribution < -0.4 is 5.32 Å². The minimum Gasteiger partial charge on any atom is -0.370 e. The van der Waals surface area contributed by atoms with Gasteiger partial charge in [0, 0.05) is 31.4 Å². The van der Waals surface area contributed by atoms with Crippen LogP contribution in [0.4, 0.5) is 5.82 Å². The molecule has 0 spiro atoms. The molecule has 0 aromatic carbocycles. The van der Waals surface area contributed by atoms with E-state index in [1.165, 1.54) is 0 Å². The minimum absolute atomic E-state index is 0.0464. The predicted octanol–water partition coefficient (Wildman–Crippen LogP) is 0.774. The molecule has 0 saturated carbocycles. The van der Waals surface area contributed by atoms with Gasteiger partial charge in [-0.1, -0.05) is 6.92 Å². The monoisotopic (exact) mass is 297 g/mol. The van der Waals surface area contributed by atoms with Gasteiger partial charge in [-0.05, 0) is 18.6 Å². The van der Waals surface area contributed by atoms with Gasteiger partial charge >= 0.3 is 0 Å². The first-order valence-electron chi connectivity index (χ1n) is 6.71. The molecule has 1 aromatic rings. The van der Waals surface area contributed by atoms with Crippen molar-refractivity contribution in [2.24, 2.45) is 0 Å². The zero-order chi connectivity index (χ0) is 14.6. The SMILES string of the molecule is CCCNc1cc(C(=O)N2CCS(=O)(=O)CC2)ccn1. The summed E-state index contributed by atoms with van der Waals surface area (Å²) in [6, 6.07) is 3.36. The Morgan fingerprint density at radius 3 is 2.75 bits per heavy atom. The molecule has 1 saturated heterocycles. The van der Waals surface area contributed by atoms with Crippen LogP contribution in [0.25, 0.3) is 0 Å². The van der Waals surface area contributed by atoms with E-state index in [1.54, 1.807) is 23.2 Å². The van der Waals surface area contributed by atoms with Gasteiger partial charge in [0.15, 0.2) is 9.84 Å². The van der Waals surface area contributed by atoms with Gasteiger partial charge in [-0.25, -0.2) is 13.4 Å². The number of pyridine rings is 1. The number of aromatic nitrogens is 1. The number of amides is 1. The average Bonchev–Trinajstić information content (AvgIpc) is 2.45. The van der Waals surface area contributed by atoms with E-state index in [9.17, 15) is 13.2 Å². The molecular weight excluding hydrogens is 278 g/mol. The number of carbonyl (C=O) groups excluding carboxylic acids is 1. The number of hydrogen-bond acceptors (Lipinski definition) is 5. The summed E-state index contributed by atoms with van der Waals surface area (Å²) < 4.78 is 22.7. The molecule has 1 N–H and O–H groups in total. The second-order valence-corrected chi connectivity index (χ2v) is 7.10. The van der Waals surface area contributed by atoms with Crippen molar-refractivity contribution in [1.29, 1.82) is 0 Å². The van der Waals surface area contributed by atoms with Crippen LogP contribution in [0.15, 0.2) is 18.3 Å². The maximum Gasteiger partial charge on any atom is 0.254 e. The minimum atomic E-state index is -2.97. The third kappa shape index (κ3) is 3.69. The third-order valence-electron chi connectivity index (χ3n) is 3.19. The number of anilines is 1. The maximum absolute atomic E-state index is 12.3. The standard InChI is InChI=1S/C13H19N3O3S/c1-2-4-14-12-10-11(3-5-15-12)13(17)16-6-8-20(18,19)9-7-16/h3,5,10H,2,4,6-9H2,1H3,(H,14,15). The molecule has 1 aliphatic heterocycles. The number of nitrogens with zero attached hydrogens (tertiary/aromatic N) is 2. The van der Waals surface area contributed by atoms with Gasteiger partial charge in [-0.3, -0.25) is 4.79 Å². The first kappa shape index (κ1) is 14.8. The van der Waals surface area contributed by atoms with Gasteiger partial charge in [0.1, 0.15) is 5.82 Å². The number of carbonyl (C=O) groups is 1. The van der Waals surface area contributed by atoms with Crippen molar-refractivity contribution in [3.05, 3.63) is 23.9 Å². The summed E-state index contributed by atoms with van der Waals surface area (Å²) in [7, 11) is -2.97. The number of sulfone groups is 1. The van der Waals surface area contributed by atoms with Gasteiger partial charge in [0.2, 0.25) is 0 Å². The van der Waals surface area contributed by atoms with Crippen molar-refractivity contribution in [3.8, 4) is 0 Å². The maximum atomic E-state index is 12.3. The lowest BCUT2D eigenvalue weighted by Gasteiger charge is -2.26. The van der Waals surface area contributed by atoms with E-state index in [0.717, 1.165) is 13.0 Å². The Balaban J connectivity index is 2.05. The summed E-state index contributed by atoms with van der Waals surface area (Å²) >= 11 is 0. The number of nitrogens with one attached hydrogen (secondary N) is 1. The van der Waals surface area contributed by atoms with E-state index in [4.69, 9.17) is 0 Å². The van der Waals surface area contributed by atoms with E-state index >= 15 is 0 Å². The van der Waals surface area contributed by atoms with Crippen LogP contribution >= 0.6 is 0 Å². The number of hydrogen-bond donors (Lipinski definition) is 1. The molecule has 1 amide bonds. The Hall–Kier alpha value is -1.63. The zero-order valence-corrected chi connectivity index (χ0v) is 12.3. The van der Waals surface area contributed by atoms with Gasteiger partial charge < -0.3 is 10.2 Å². The summed E-state index contributed by atoms with van der Waals surface area (Å²) in [5, 5.41) is 3.13. The molecular formula is C13H19N3O3S. The van der Waals surface area contributed by atoms with E-state index < -0.39 is 9.84 Å². The fraction of sp³-hybridized carbons (Fsp3) is 0.538. The van der Waals surface area contributed by atoms with Crippen molar-refractivity contribution in [3.63, 3.8) is 0 Å². The smallest absolute Gasteiger partial charge is 0.254 e. The van der Waals surface area contributed by atoms with Crippen molar-refractivity contribution in [2.45, 2.75) is 13.3 Å². The molecule has 1 aromatic heterocycles. The zero-order valence-electron chi connectivity index (χ0n) is 11.5. The van der Waals surface area contributed by atoms with E-state index in [0.29, 0.717) is 11.4 Å².